The maximum atomic E-state index is 5.02. The zero-order valence-electron chi connectivity index (χ0n) is 22.9. The van der Waals surface area contributed by atoms with Crippen LogP contribution < -0.4 is 15.9 Å². The van der Waals surface area contributed by atoms with Gasteiger partial charge >= 0.3 is 0 Å². The molecule has 0 fully saturated rings. The zero-order chi connectivity index (χ0) is 26.5. The van der Waals surface area contributed by atoms with Gasteiger partial charge in [0, 0.05) is 17.2 Å². The fourth-order valence-corrected chi connectivity index (χ4v) is 10.6. The molecule has 0 N–H and O–H groups in total. The van der Waals surface area contributed by atoms with Crippen molar-refractivity contribution in [3.05, 3.63) is 115 Å². The summed E-state index contributed by atoms with van der Waals surface area (Å²) >= 11 is 0. The van der Waals surface area contributed by atoms with Gasteiger partial charge in [-0.1, -0.05) is 134 Å². The number of hydrogen-bond donors (Lipinski definition) is 0. The molecule has 0 aliphatic rings. The van der Waals surface area contributed by atoms with E-state index in [1.807, 2.05) is 6.21 Å². The molecule has 3 aromatic carbocycles. The number of benzene rings is 3. The molecule has 1 aromatic heterocycles. The van der Waals surface area contributed by atoms with Crippen LogP contribution >= 0.6 is 15.8 Å². The molecular weight excluding hydrogens is 486 g/mol. The molecule has 190 valence electrons. The Labute approximate surface area is 225 Å². The van der Waals surface area contributed by atoms with Crippen molar-refractivity contribution in [3.8, 4) is 0 Å². The van der Waals surface area contributed by atoms with E-state index in [1.165, 1.54) is 15.9 Å². The van der Waals surface area contributed by atoms with Crippen molar-refractivity contribution in [1.29, 1.82) is 0 Å². The topological polar surface area (TPSA) is 25.2 Å². The second kappa shape index (κ2) is 11.8. The second-order valence-corrected chi connectivity index (χ2v) is 17.3. The van der Waals surface area contributed by atoms with Crippen molar-refractivity contribution in [2.75, 3.05) is 0 Å². The lowest BCUT2D eigenvalue weighted by atomic mass is 10.2. The van der Waals surface area contributed by atoms with Crippen molar-refractivity contribution in [1.82, 2.24) is 4.98 Å². The standard InChI is InChI=1S/C33H38N2P2/c1-32(2,3)36(33(4,5)6)25-27-17-15-16-26(35-27)24-34-30-22-13-14-23-31(30)37(28-18-9-7-10-19-28)29-20-11-8-12-21-29/h7-24H,25H2,1-6H3/b34-24+. The smallest absolute Gasteiger partial charge is 0.0816 e. The molecule has 0 unspecified atom stereocenters. The lowest BCUT2D eigenvalue weighted by molar-refractivity contribution is 0.701. The molecule has 4 aromatic rings. The number of aromatic nitrogens is 1. The molecule has 0 aliphatic heterocycles. The summed E-state index contributed by atoms with van der Waals surface area (Å²) in [6, 6.07) is 36.5. The first-order valence-electron chi connectivity index (χ1n) is 12.9. The first-order chi connectivity index (χ1) is 17.6. The third kappa shape index (κ3) is 7.22. The van der Waals surface area contributed by atoms with E-state index in [-0.39, 0.29) is 18.2 Å². The van der Waals surface area contributed by atoms with Crippen molar-refractivity contribution in [2.45, 2.75) is 58.0 Å². The molecule has 0 atom stereocenters. The van der Waals surface area contributed by atoms with Crippen LogP contribution in [0.15, 0.2) is 108 Å². The fraction of sp³-hybridized carbons (Fsp3) is 0.273. The molecule has 0 radical (unpaired) electrons. The predicted octanol–water partition coefficient (Wildman–Crippen LogP) is 8.17. The quantitative estimate of drug-likeness (QED) is 0.177. The molecule has 0 saturated carbocycles. The van der Waals surface area contributed by atoms with Crippen LogP contribution in [0.5, 0.6) is 0 Å². The van der Waals surface area contributed by atoms with Crippen LogP contribution in [0.25, 0.3) is 0 Å². The highest BCUT2D eigenvalue weighted by atomic mass is 31.1. The number of hydrogen-bond acceptors (Lipinski definition) is 2. The number of para-hydroxylation sites is 1. The van der Waals surface area contributed by atoms with Crippen molar-refractivity contribution >= 4 is 43.7 Å². The van der Waals surface area contributed by atoms with Gasteiger partial charge in [0.15, 0.2) is 0 Å². The van der Waals surface area contributed by atoms with Gasteiger partial charge in [0.25, 0.3) is 0 Å². The summed E-state index contributed by atoms with van der Waals surface area (Å²) in [6.45, 7) is 14.2. The third-order valence-corrected chi connectivity index (χ3v) is 12.6. The van der Waals surface area contributed by atoms with Crippen LogP contribution in [0.1, 0.15) is 52.9 Å². The van der Waals surface area contributed by atoms with Crippen molar-refractivity contribution in [2.24, 2.45) is 4.99 Å². The van der Waals surface area contributed by atoms with Gasteiger partial charge in [0.05, 0.1) is 17.6 Å². The van der Waals surface area contributed by atoms with E-state index in [0.29, 0.717) is 0 Å². The summed E-state index contributed by atoms with van der Waals surface area (Å²) in [6.07, 6.45) is 2.95. The van der Waals surface area contributed by atoms with Gasteiger partial charge in [-0.3, -0.25) is 9.98 Å². The molecular formula is C33H38N2P2. The molecule has 0 amide bonds. The minimum absolute atomic E-state index is 0.254. The van der Waals surface area contributed by atoms with Gasteiger partial charge < -0.3 is 0 Å². The first kappa shape index (κ1) is 27.4. The van der Waals surface area contributed by atoms with Crippen molar-refractivity contribution in [3.63, 3.8) is 0 Å². The Kier molecular flexibility index (Phi) is 8.74. The molecule has 4 heteroatoms. The lowest BCUT2D eigenvalue weighted by Gasteiger charge is -2.41. The van der Waals surface area contributed by atoms with Crippen LogP contribution in [0.2, 0.25) is 0 Å². The Bertz CT molecular complexity index is 1270. The van der Waals surface area contributed by atoms with Gasteiger partial charge in [-0.2, -0.15) is 0 Å². The average molecular weight is 525 g/mol. The monoisotopic (exact) mass is 524 g/mol. The summed E-state index contributed by atoms with van der Waals surface area (Å²) in [5.41, 5.74) is 3.07. The average Bonchev–Trinajstić information content (AvgIpc) is 2.87. The van der Waals surface area contributed by atoms with E-state index < -0.39 is 7.92 Å². The maximum absolute atomic E-state index is 5.02. The van der Waals surface area contributed by atoms with Crippen LogP contribution in [0.3, 0.4) is 0 Å². The molecule has 2 nitrogen and oxygen atoms in total. The van der Waals surface area contributed by atoms with Gasteiger partial charge in [-0.25, -0.2) is 0 Å². The van der Waals surface area contributed by atoms with Crippen LogP contribution in [-0.2, 0) is 6.16 Å². The molecule has 0 saturated heterocycles. The number of nitrogens with zero attached hydrogens (tertiary/aromatic N) is 2. The Balaban J connectivity index is 1.67. The molecule has 0 bridgehead atoms. The van der Waals surface area contributed by atoms with E-state index in [9.17, 15) is 0 Å². The van der Waals surface area contributed by atoms with E-state index in [1.54, 1.807) is 0 Å². The molecule has 4 rings (SSSR count). The van der Waals surface area contributed by atoms with E-state index >= 15 is 0 Å². The zero-order valence-corrected chi connectivity index (χ0v) is 24.7. The number of rotatable bonds is 7. The summed E-state index contributed by atoms with van der Waals surface area (Å²) in [7, 11) is -0.977. The lowest BCUT2D eigenvalue weighted by Crippen LogP contribution is -2.26. The third-order valence-electron chi connectivity index (χ3n) is 6.26. The molecule has 0 spiro atoms. The fourth-order valence-electron chi connectivity index (χ4n) is 4.78. The van der Waals surface area contributed by atoms with Crippen LogP contribution in [-0.4, -0.2) is 21.5 Å². The Morgan fingerprint density at radius 3 is 1.76 bits per heavy atom. The molecule has 1 heterocycles. The normalized spacial score (nSPS) is 12.5. The number of pyridine rings is 1. The maximum Gasteiger partial charge on any atom is 0.0816 e. The highest BCUT2D eigenvalue weighted by Crippen LogP contribution is 2.61. The molecule has 37 heavy (non-hydrogen) atoms. The van der Waals surface area contributed by atoms with Crippen LogP contribution in [0.4, 0.5) is 5.69 Å². The van der Waals surface area contributed by atoms with E-state index in [0.717, 1.165) is 23.2 Å². The second-order valence-electron chi connectivity index (χ2n) is 11.2. The predicted molar refractivity (Wildman–Crippen MR) is 167 cm³/mol. The minimum Gasteiger partial charge on any atom is -0.254 e. The van der Waals surface area contributed by atoms with E-state index in [2.05, 4.69) is 145 Å². The summed E-state index contributed by atoms with van der Waals surface area (Å²) in [5, 5.41) is 4.44. The SMILES string of the molecule is CC(C)(C)P(Cc1cccc(/C=N/c2ccccc2P(c2ccccc2)c2ccccc2)n1)C(C)(C)C. The van der Waals surface area contributed by atoms with Crippen LogP contribution in [0, 0.1) is 0 Å². The summed E-state index contributed by atoms with van der Waals surface area (Å²) < 4.78 is 0. The van der Waals surface area contributed by atoms with Crippen molar-refractivity contribution < 1.29 is 0 Å². The largest absolute Gasteiger partial charge is 0.254 e. The summed E-state index contributed by atoms with van der Waals surface area (Å²) in [5.74, 6) is 0. The van der Waals surface area contributed by atoms with Gasteiger partial charge in [-0.05, 0) is 47.0 Å². The van der Waals surface area contributed by atoms with E-state index in [4.69, 9.17) is 9.98 Å². The Hall–Kier alpha value is -2.66. The minimum atomic E-state index is -0.723. The first-order valence-corrected chi connectivity index (χ1v) is 15.8. The molecule has 0 aliphatic carbocycles. The summed E-state index contributed by atoms with van der Waals surface area (Å²) in [4.78, 5) is 10.0. The van der Waals surface area contributed by atoms with Gasteiger partial charge in [0.1, 0.15) is 0 Å². The Morgan fingerprint density at radius 2 is 1.19 bits per heavy atom. The highest BCUT2D eigenvalue weighted by Gasteiger charge is 2.34. The Morgan fingerprint density at radius 1 is 0.649 bits per heavy atom. The van der Waals surface area contributed by atoms with Gasteiger partial charge in [0.2, 0.25) is 0 Å². The highest BCUT2D eigenvalue weighted by molar-refractivity contribution is 7.80. The van der Waals surface area contributed by atoms with Gasteiger partial charge in [-0.15, -0.1) is 0 Å². The number of aliphatic imine (C=N–C) groups is 1.